The van der Waals surface area contributed by atoms with Gasteiger partial charge < -0.3 is 11.1 Å². The third-order valence-electron chi connectivity index (χ3n) is 4.67. The molecule has 1 amide bonds. The van der Waals surface area contributed by atoms with E-state index >= 15 is 0 Å². The summed E-state index contributed by atoms with van der Waals surface area (Å²) in [6, 6.07) is 18.1. The molecule has 2 aromatic carbocycles. The molecule has 0 saturated carbocycles. The van der Waals surface area contributed by atoms with Crippen LogP contribution in [-0.2, 0) is 9.84 Å². The Balaban J connectivity index is 1.56. The normalized spacial score (nSPS) is 11.2. The van der Waals surface area contributed by atoms with E-state index < -0.39 is 15.7 Å². The van der Waals surface area contributed by atoms with E-state index in [-0.39, 0.29) is 21.4 Å². The van der Waals surface area contributed by atoms with E-state index in [0.29, 0.717) is 11.4 Å². The minimum Gasteiger partial charge on any atom is -0.397 e. The van der Waals surface area contributed by atoms with Crippen molar-refractivity contribution in [3.8, 4) is 11.1 Å². The number of anilines is 2. The fraction of sp³-hybridized carbons (Fsp3) is 0. The summed E-state index contributed by atoms with van der Waals surface area (Å²) < 4.78 is 38.3. The van der Waals surface area contributed by atoms with Gasteiger partial charge >= 0.3 is 0 Å². The number of sulfone groups is 1. The van der Waals surface area contributed by atoms with Gasteiger partial charge in [-0.1, -0.05) is 24.3 Å². The van der Waals surface area contributed by atoms with Crippen LogP contribution in [0.3, 0.4) is 0 Å². The minimum atomic E-state index is -3.89. The van der Waals surface area contributed by atoms with Crippen molar-refractivity contribution in [3.05, 3.63) is 96.6 Å². The Bertz CT molecular complexity index is 1380. The van der Waals surface area contributed by atoms with Crippen LogP contribution in [0.15, 0.2) is 95.2 Å². The second-order valence-corrected chi connectivity index (χ2v) is 8.66. The number of rotatable bonds is 5. The van der Waals surface area contributed by atoms with Crippen LogP contribution in [-0.4, -0.2) is 24.3 Å². The van der Waals surface area contributed by atoms with Gasteiger partial charge in [-0.3, -0.25) is 4.79 Å². The first-order valence-corrected chi connectivity index (χ1v) is 10.9. The topological polar surface area (TPSA) is 115 Å². The van der Waals surface area contributed by atoms with Crippen LogP contribution in [0, 0.1) is 5.82 Å². The molecule has 0 bridgehead atoms. The Morgan fingerprint density at radius 3 is 2.25 bits per heavy atom. The molecule has 0 aliphatic carbocycles. The van der Waals surface area contributed by atoms with Gasteiger partial charge in [-0.05, 0) is 59.7 Å². The third kappa shape index (κ3) is 4.33. The van der Waals surface area contributed by atoms with Gasteiger partial charge in [0.1, 0.15) is 5.82 Å². The fourth-order valence-corrected chi connectivity index (χ4v) is 4.08. The van der Waals surface area contributed by atoms with Crippen molar-refractivity contribution in [2.45, 2.75) is 10.1 Å². The summed E-state index contributed by atoms with van der Waals surface area (Å²) in [5.41, 5.74) is 8.34. The number of halogens is 1. The van der Waals surface area contributed by atoms with Gasteiger partial charge in [0.2, 0.25) is 9.84 Å². The Morgan fingerprint density at radius 1 is 0.875 bits per heavy atom. The van der Waals surface area contributed by atoms with Crippen molar-refractivity contribution < 1.29 is 17.6 Å². The molecule has 0 saturated heterocycles. The Hall–Kier alpha value is -4.11. The Labute approximate surface area is 183 Å². The van der Waals surface area contributed by atoms with Gasteiger partial charge in [0, 0.05) is 12.4 Å². The highest BCUT2D eigenvalue weighted by atomic mass is 32.2. The van der Waals surface area contributed by atoms with Crippen molar-refractivity contribution in [1.29, 1.82) is 0 Å². The van der Waals surface area contributed by atoms with Crippen LogP contribution in [0.25, 0.3) is 11.1 Å². The third-order valence-corrected chi connectivity index (χ3v) is 6.25. The number of pyridine rings is 2. The van der Waals surface area contributed by atoms with E-state index in [4.69, 9.17) is 5.73 Å². The van der Waals surface area contributed by atoms with Gasteiger partial charge in [-0.2, -0.15) is 0 Å². The fourth-order valence-electron chi connectivity index (χ4n) is 2.97. The Kier molecular flexibility index (Phi) is 5.65. The highest BCUT2D eigenvalue weighted by Crippen LogP contribution is 2.28. The number of benzene rings is 2. The van der Waals surface area contributed by atoms with E-state index in [9.17, 15) is 17.6 Å². The molecule has 0 radical (unpaired) electrons. The maximum Gasteiger partial charge on any atom is 0.257 e. The molecule has 0 aliphatic heterocycles. The SMILES string of the molecule is Nc1ccc(-c2ccc(F)cc2)cc1NC(=O)c1ccc(S(=O)(=O)c2ccccn2)nc1. The van der Waals surface area contributed by atoms with Crippen LogP contribution in [0.1, 0.15) is 10.4 Å². The standard InChI is InChI=1S/C23H17FN4O3S/c24-18-8-4-15(5-9-18)16-6-10-19(25)20(13-16)28-23(29)17-7-11-22(27-14-17)32(30,31)21-3-1-2-12-26-21/h1-14H,25H2,(H,28,29). The van der Waals surface area contributed by atoms with Crippen molar-refractivity contribution >= 4 is 27.1 Å². The molecule has 2 heterocycles. The lowest BCUT2D eigenvalue weighted by Crippen LogP contribution is -2.14. The molecule has 4 rings (SSSR count). The molecule has 7 nitrogen and oxygen atoms in total. The Morgan fingerprint density at radius 2 is 1.59 bits per heavy atom. The van der Waals surface area contributed by atoms with E-state index in [1.165, 1.54) is 42.7 Å². The van der Waals surface area contributed by atoms with Gasteiger partial charge in [-0.15, -0.1) is 0 Å². The first-order valence-electron chi connectivity index (χ1n) is 9.43. The van der Waals surface area contributed by atoms with E-state index in [0.717, 1.165) is 11.1 Å². The van der Waals surface area contributed by atoms with Crippen LogP contribution < -0.4 is 11.1 Å². The molecule has 4 aromatic rings. The van der Waals surface area contributed by atoms with Crippen molar-refractivity contribution in [2.75, 3.05) is 11.1 Å². The largest absolute Gasteiger partial charge is 0.397 e. The molecule has 160 valence electrons. The van der Waals surface area contributed by atoms with Gasteiger partial charge in [-0.25, -0.2) is 22.8 Å². The lowest BCUT2D eigenvalue weighted by atomic mass is 10.0. The molecule has 0 fully saturated rings. The number of nitrogens with one attached hydrogen (secondary N) is 1. The molecule has 9 heteroatoms. The highest BCUT2D eigenvalue weighted by Gasteiger charge is 2.21. The molecule has 0 atom stereocenters. The quantitative estimate of drug-likeness (QED) is 0.447. The zero-order valence-electron chi connectivity index (χ0n) is 16.6. The number of nitrogens with zero attached hydrogens (tertiary/aromatic N) is 2. The lowest BCUT2D eigenvalue weighted by molar-refractivity contribution is 0.102. The molecule has 2 aromatic heterocycles. The van der Waals surface area contributed by atoms with Crippen molar-refractivity contribution in [2.24, 2.45) is 0 Å². The van der Waals surface area contributed by atoms with Crippen molar-refractivity contribution in [3.63, 3.8) is 0 Å². The van der Waals surface area contributed by atoms with E-state index in [1.54, 1.807) is 42.5 Å². The zero-order valence-corrected chi connectivity index (χ0v) is 17.4. The summed E-state index contributed by atoms with van der Waals surface area (Å²) in [7, 11) is -3.89. The minimum absolute atomic E-state index is 0.130. The van der Waals surface area contributed by atoms with Crippen LogP contribution in [0.4, 0.5) is 15.8 Å². The summed E-state index contributed by atoms with van der Waals surface area (Å²) in [5, 5.41) is 2.35. The highest BCUT2D eigenvalue weighted by molar-refractivity contribution is 7.91. The number of hydrogen-bond donors (Lipinski definition) is 2. The average molecular weight is 448 g/mol. The smallest absolute Gasteiger partial charge is 0.257 e. The second kappa shape index (κ2) is 8.56. The summed E-state index contributed by atoms with van der Waals surface area (Å²) >= 11 is 0. The van der Waals surface area contributed by atoms with Gasteiger partial charge in [0.05, 0.1) is 16.9 Å². The zero-order chi connectivity index (χ0) is 22.7. The average Bonchev–Trinajstić information content (AvgIpc) is 2.81. The number of hydrogen-bond acceptors (Lipinski definition) is 6. The van der Waals surface area contributed by atoms with Crippen LogP contribution in [0.5, 0.6) is 0 Å². The maximum atomic E-state index is 13.2. The summed E-state index contributed by atoms with van der Waals surface area (Å²) in [6.45, 7) is 0. The lowest BCUT2D eigenvalue weighted by Gasteiger charge is -2.11. The monoisotopic (exact) mass is 448 g/mol. The molecule has 0 unspecified atom stereocenters. The molecular formula is C23H17FN4O3S. The molecule has 0 aliphatic rings. The second-order valence-electron chi connectivity index (χ2n) is 6.82. The van der Waals surface area contributed by atoms with Gasteiger partial charge in [0.15, 0.2) is 10.1 Å². The predicted octanol–water partition coefficient (Wildman–Crippen LogP) is 3.95. The first-order chi connectivity index (χ1) is 15.3. The number of nitrogens with two attached hydrogens (primary N) is 1. The van der Waals surface area contributed by atoms with Crippen LogP contribution in [0.2, 0.25) is 0 Å². The molecule has 32 heavy (non-hydrogen) atoms. The summed E-state index contributed by atoms with van der Waals surface area (Å²) in [6.07, 6.45) is 2.55. The summed E-state index contributed by atoms with van der Waals surface area (Å²) in [4.78, 5) is 20.4. The van der Waals surface area contributed by atoms with E-state index in [1.807, 2.05) is 0 Å². The number of amides is 1. The number of carbonyl (C=O) groups excluding carboxylic acids is 1. The first kappa shape index (κ1) is 21.1. The number of aromatic nitrogens is 2. The number of carbonyl (C=O) groups is 1. The number of nitrogen functional groups attached to an aromatic ring is 1. The maximum absolute atomic E-state index is 13.2. The molecule has 0 spiro atoms. The summed E-state index contributed by atoms with van der Waals surface area (Å²) in [5.74, 6) is -0.860. The van der Waals surface area contributed by atoms with E-state index in [2.05, 4.69) is 15.3 Å². The molecular weight excluding hydrogens is 431 g/mol. The van der Waals surface area contributed by atoms with Gasteiger partial charge in [0.25, 0.3) is 5.91 Å². The van der Waals surface area contributed by atoms with Crippen molar-refractivity contribution in [1.82, 2.24) is 9.97 Å². The molecule has 3 N–H and O–H groups in total. The predicted molar refractivity (Wildman–Crippen MR) is 118 cm³/mol. The van der Waals surface area contributed by atoms with Crippen LogP contribution >= 0.6 is 0 Å².